The van der Waals surface area contributed by atoms with Crippen molar-refractivity contribution in [2.45, 2.75) is 38.1 Å². The topological polar surface area (TPSA) is 46.6 Å². The first-order chi connectivity index (χ1) is 9.60. The van der Waals surface area contributed by atoms with Crippen LogP contribution in [0.3, 0.4) is 0 Å². The molecule has 0 bridgehead atoms. The first kappa shape index (κ1) is 16.2. The summed E-state index contributed by atoms with van der Waals surface area (Å²) in [5.74, 6) is -0.134. The second kappa shape index (κ2) is 8.35. The van der Waals surface area contributed by atoms with E-state index in [2.05, 4.69) is 17.9 Å². The molecular formula is C16H23NO3. The van der Waals surface area contributed by atoms with Crippen LogP contribution in [0.2, 0.25) is 0 Å². The molecule has 1 amide bonds. The summed E-state index contributed by atoms with van der Waals surface area (Å²) in [4.78, 5) is 24.6. The fraction of sp³-hybridized carbons (Fsp3) is 0.500. The van der Waals surface area contributed by atoms with Crippen LogP contribution in [0.25, 0.3) is 0 Å². The minimum Gasteiger partial charge on any atom is -0.466 e. The summed E-state index contributed by atoms with van der Waals surface area (Å²) >= 11 is 0. The number of amides is 1. The lowest BCUT2D eigenvalue weighted by atomic mass is 10.1. The maximum absolute atomic E-state index is 11.8. The molecule has 1 aliphatic rings. The van der Waals surface area contributed by atoms with Crippen LogP contribution < -0.4 is 0 Å². The number of rotatable bonds is 8. The van der Waals surface area contributed by atoms with Gasteiger partial charge in [0.15, 0.2) is 0 Å². The van der Waals surface area contributed by atoms with Crippen LogP contribution in [0.15, 0.2) is 37.0 Å². The Morgan fingerprint density at radius 1 is 1.50 bits per heavy atom. The molecule has 0 aromatic carbocycles. The van der Waals surface area contributed by atoms with E-state index in [4.69, 9.17) is 0 Å². The largest absolute Gasteiger partial charge is 0.466 e. The summed E-state index contributed by atoms with van der Waals surface area (Å²) in [6, 6.07) is 0.116. The summed E-state index contributed by atoms with van der Waals surface area (Å²) in [5.41, 5.74) is 0.918. The highest BCUT2D eigenvalue weighted by atomic mass is 16.5. The summed E-state index contributed by atoms with van der Waals surface area (Å²) < 4.78 is 4.51. The molecule has 0 radical (unpaired) electrons. The van der Waals surface area contributed by atoms with Gasteiger partial charge in [0.05, 0.1) is 13.2 Å². The Kier molecular flexibility index (Phi) is 6.77. The predicted octanol–water partition coefficient (Wildman–Crippen LogP) is 2.62. The smallest absolute Gasteiger partial charge is 0.330 e. The van der Waals surface area contributed by atoms with Crippen LogP contribution >= 0.6 is 0 Å². The van der Waals surface area contributed by atoms with Crippen LogP contribution in [0.5, 0.6) is 0 Å². The molecule has 1 heterocycles. The number of ether oxygens (including phenoxy) is 1. The second-order valence-corrected chi connectivity index (χ2v) is 4.84. The number of likely N-dealkylation sites (tertiary alicyclic amines) is 1. The highest BCUT2D eigenvalue weighted by Crippen LogP contribution is 2.24. The van der Waals surface area contributed by atoms with Crippen molar-refractivity contribution in [1.29, 1.82) is 0 Å². The normalized spacial score (nSPS) is 18.6. The molecule has 0 saturated carbocycles. The van der Waals surface area contributed by atoms with Crippen molar-refractivity contribution < 1.29 is 14.3 Å². The van der Waals surface area contributed by atoms with Crippen molar-refractivity contribution in [3.63, 3.8) is 0 Å². The Morgan fingerprint density at radius 3 is 2.90 bits per heavy atom. The monoisotopic (exact) mass is 277 g/mol. The molecule has 0 spiro atoms. The molecule has 0 aliphatic carbocycles. The van der Waals surface area contributed by atoms with Crippen molar-refractivity contribution in [1.82, 2.24) is 4.90 Å². The minimum atomic E-state index is -0.331. The molecule has 0 aromatic heterocycles. The predicted molar refractivity (Wildman–Crippen MR) is 79.1 cm³/mol. The van der Waals surface area contributed by atoms with Gasteiger partial charge in [-0.2, -0.15) is 0 Å². The lowest BCUT2D eigenvalue weighted by Crippen LogP contribution is -2.34. The molecule has 1 fully saturated rings. The highest BCUT2D eigenvalue weighted by Gasteiger charge is 2.30. The number of unbranched alkanes of at least 4 members (excludes halogenated alkanes) is 2. The molecule has 1 saturated heterocycles. The molecule has 1 aliphatic heterocycles. The Balaban J connectivity index is 2.31. The number of allylic oxidation sites excluding steroid dienone is 1. The third-order valence-corrected chi connectivity index (χ3v) is 3.49. The van der Waals surface area contributed by atoms with E-state index < -0.39 is 0 Å². The van der Waals surface area contributed by atoms with Crippen LogP contribution in [0, 0.1) is 0 Å². The van der Waals surface area contributed by atoms with Gasteiger partial charge in [0.1, 0.15) is 0 Å². The molecule has 0 aromatic rings. The molecule has 1 atom stereocenters. The molecule has 4 nitrogen and oxygen atoms in total. The average Bonchev–Trinajstić information content (AvgIpc) is 2.82. The van der Waals surface area contributed by atoms with Crippen LogP contribution in [0.4, 0.5) is 0 Å². The van der Waals surface area contributed by atoms with E-state index in [1.54, 1.807) is 12.2 Å². The van der Waals surface area contributed by atoms with Gasteiger partial charge in [0.2, 0.25) is 5.91 Å². The average molecular weight is 277 g/mol. The minimum absolute atomic E-state index is 0.116. The summed E-state index contributed by atoms with van der Waals surface area (Å²) in [5, 5.41) is 0. The van der Waals surface area contributed by atoms with Crippen molar-refractivity contribution in [2.75, 3.05) is 13.7 Å². The number of carbonyl (C=O) groups excluding carboxylic acids is 2. The van der Waals surface area contributed by atoms with Gasteiger partial charge in [-0.05, 0) is 31.3 Å². The van der Waals surface area contributed by atoms with Crippen LogP contribution in [0.1, 0.15) is 32.1 Å². The zero-order chi connectivity index (χ0) is 15.0. The van der Waals surface area contributed by atoms with Crippen molar-refractivity contribution in [3.8, 4) is 0 Å². The Labute approximate surface area is 120 Å². The van der Waals surface area contributed by atoms with E-state index in [1.807, 2.05) is 4.90 Å². The fourth-order valence-electron chi connectivity index (χ4n) is 2.33. The number of hydrogen-bond donors (Lipinski definition) is 0. The van der Waals surface area contributed by atoms with E-state index in [0.717, 1.165) is 37.8 Å². The zero-order valence-electron chi connectivity index (χ0n) is 12.1. The number of nitrogens with zero attached hydrogens (tertiary/aromatic N) is 1. The van der Waals surface area contributed by atoms with Gasteiger partial charge in [0.25, 0.3) is 0 Å². The van der Waals surface area contributed by atoms with Gasteiger partial charge in [-0.15, -0.1) is 0 Å². The van der Waals surface area contributed by atoms with E-state index in [9.17, 15) is 9.59 Å². The van der Waals surface area contributed by atoms with Gasteiger partial charge in [-0.3, -0.25) is 4.79 Å². The SMILES string of the molecule is C=CC(=C)C1CCC(=O)N1CCCC/C=C/C(=O)OC. The van der Waals surface area contributed by atoms with Crippen molar-refractivity contribution in [3.05, 3.63) is 37.0 Å². The molecule has 1 unspecified atom stereocenters. The first-order valence-corrected chi connectivity index (χ1v) is 6.95. The lowest BCUT2D eigenvalue weighted by Gasteiger charge is -2.25. The fourth-order valence-corrected chi connectivity index (χ4v) is 2.33. The molecule has 4 heteroatoms. The number of hydrogen-bond acceptors (Lipinski definition) is 3. The van der Waals surface area contributed by atoms with Gasteiger partial charge in [0, 0.05) is 19.0 Å². The lowest BCUT2D eigenvalue weighted by molar-refractivity contribution is -0.134. The molecule has 110 valence electrons. The Morgan fingerprint density at radius 2 is 2.25 bits per heavy atom. The van der Waals surface area contributed by atoms with Crippen molar-refractivity contribution >= 4 is 11.9 Å². The third kappa shape index (κ3) is 4.68. The number of carbonyl (C=O) groups is 2. The standard InChI is InChI=1S/C16H23NO3/c1-4-13(2)14-10-11-15(18)17(14)12-8-6-5-7-9-16(19)20-3/h4,7,9,14H,1-2,5-6,8,10-12H2,3H3/b9-7+. The summed E-state index contributed by atoms with van der Waals surface area (Å²) in [7, 11) is 1.36. The Hall–Kier alpha value is -1.84. The van der Waals surface area contributed by atoms with E-state index in [0.29, 0.717) is 6.42 Å². The maximum atomic E-state index is 11.8. The zero-order valence-corrected chi connectivity index (χ0v) is 12.1. The summed E-state index contributed by atoms with van der Waals surface area (Å²) in [6.45, 7) is 8.41. The highest BCUT2D eigenvalue weighted by molar-refractivity contribution is 5.81. The molecule has 0 N–H and O–H groups in total. The van der Waals surface area contributed by atoms with Crippen LogP contribution in [-0.4, -0.2) is 36.5 Å². The maximum Gasteiger partial charge on any atom is 0.330 e. The summed E-state index contributed by atoms with van der Waals surface area (Å²) in [6.07, 6.45) is 9.06. The van der Waals surface area contributed by atoms with E-state index in [1.165, 1.54) is 13.2 Å². The number of methoxy groups -OCH3 is 1. The van der Waals surface area contributed by atoms with Gasteiger partial charge >= 0.3 is 5.97 Å². The second-order valence-electron chi connectivity index (χ2n) is 4.84. The van der Waals surface area contributed by atoms with Gasteiger partial charge < -0.3 is 9.64 Å². The molecule has 1 rings (SSSR count). The molecular weight excluding hydrogens is 254 g/mol. The van der Waals surface area contributed by atoms with Crippen molar-refractivity contribution in [2.24, 2.45) is 0 Å². The molecule has 20 heavy (non-hydrogen) atoms. The number of esters is 1. The van der Waals surface area contributed by atoms with Gasteiger partial charge in [-0.1, -0.05) is 25.3 Å². The van der Waals surface area contributed by atoms with E-state index >= 15 is 0 Å². The van der Waals surface area contributed by atoms with Crippen LogP contribution in [-0.2, 0) is 14.3 Å². The van der Waals surface area contributed by atoms with E-state index in [-0.39, 0.29) is 17.9 Å². The third-order valence-electron chi connectivity index (χ3n) is 3.49. The first-order valence-electron chi connectivity index (χ1n) is 6.95. The van der Waals surface area contributed by atoms with Gasteiger partial charge in [-0.25, -0.2) is 4.79 Å². The quantitative estimate of drug-likeness (QED) is 0.296. The Bertz CT molecular complexity index is 412.